The fraction of sp³-hybridized carbons (Fsp3) is 0.400. The fourth-order valence-corrected chi connectivity index (χ4v) is 2.88. The molecule has 0 aliphatic carbocycles. The van der Waals surface area contributed by atoms with E-state index in [1.807, 2.05) is 12.4 Å². The van der Waals surface area contributed by atoms with Gasteiger partial charge in [0.1, 0.15) is 0 Å². The van der Waals surface area contributed by atoms with Crippen LogP contribution in [0.4, 0.5) is 0 Å². The number of pyridine rings is 1. The summed E-state index contributed by atoms with van der Waals surface area (Å²) in [6.45, 7) is 1.06. The minimum absolute atomic E-state index is 0.310. The molecular weight excluding hydrogens is 222 g/mol. The fourth-order valence-electron chi connectivity index (χ4n) is 2.88. The number of piperidine rings is 1. The van der Waals surface area contributed by atoms with Crippen molar-refractivity contribution in [2.75, 3.05) is 13.6 Å². The van der Waals surface area contributed by atoms with Crippen LogP contribution >= 0.6 is 0 Å². The van der Waals surface area contributed by atoms with Gasteiger partial charge < -0.3 is 5.73 Å². The second kappa shape index (κ2) is 4.67. The summed E-state index contributed by atoms with van der Waals surface area (Å²) in [5.74, 6) is 0. The molecule has 3 heteroatoms. The molecule has 0 bridgehead atoms. The van der Waals surface area contributed by atoms with E-state index in [4.69, 9.17) is 5.73 Å². The number of rotatable bonds is 1. The third-order valence-corrected chi connectivity index (χ3v) is 3.97. The number of benzene rings is 1. The predicted octanol–water partition coefficient (Wildman–Crippen LogP) is 2.33. The molecule has 1 aromatic carbocycles. The molecule has 3 nitrogen and oxygen atoms in total. The van der Waals surface area contributed by atoms with E-state index in [9.17, 15) is 0 Å². The van der Waals surface area contributed by atoms with Crippen LogP contribution in [0.5, 0.6) is 0 Å². The minimum atomic E-state index is 0.310. The normalized spacial score (nSPS) is 25.4. The zero-order chi connectivity index (χ0) is 12.5. The number of aromatic nitrogens is 1. The number of nitrogens with zero attached hydrogens (tertiary/aromatic N) is 2. The summed E-state index contributed by atoms with van der Waals surface area (Å²) in [5, 5.41) is 2.51. The van der Waals surface area contributed by atoms with E-state index < -0.39 is 0 Å². The van der Waals surface area contributed by atoms with Gasteiger partial charge in [-0.05, 0) is 37.4 Å². The van der Waals surface area contributed by atoms with Gasteiger partial charge >= 0.3 is 0 Å². The summed E-state index contributed by atoms with van der Waals surface area (Å²) < 4.78 is 0. The first-order chi connectivity index (χ1) is 8.75. The largest absolute Gasteiger partial charge is 0.328 e. The lowest BCUT2D eigenvalue weighted by atomic mass is 9.91. The van der Waals surface area contributed by atoms with E-state index in [1.54, 1.807) is 0 Å². The van der Waals surface area contributed by atoms with Crippen molar-refractivity contribution >= 4 is 10.8 Å². The van der Waals surface area contributed by atoms with Gasteiger partial charge in [-0.1, -0.05) is 24.3 Å². The Morgan fingerprint density at radius 3 is 3.00 bits per heavy atom. The van der Waals surface area contributed by atoms with Crippen LogP contribution in [0.25, 0.3) is 10.8 Å². The molecule has 1 aliphatic rings. The molecule has 2 unspecified atom stereocenters. The molecule has 94 valence electrons. The second-order valence-electron chi connectivity index (χ2n) is 5.23. The van der Waals surface area contributed by atoms with Crippen LogP contribution in [0.15, 0.2) is 36.7 Å². The van der Waals surface area contributed by atoms with Crippen molar-refractivity contribution in [2.24, 2.45) is 5.73 Å². The van der Waals surface area contributed by atoms with E-state index in [-0.39, 0.29) is 0 Å². The van der Waals surface area contributed by atoms with Gasteiger partial charge in [-0.2, -0.15) is 0 Å². The molecule has 1 saturated heterocycles. The highest BCUT2D eigenvalue weighted by atomic mass is 15.1. The second-order valence-corrected chi connectivity index (χ2v) is 5.23. The summed E-state index contributed by atoms with van der Waals surface area (Å²) in [5.41, 5.74) is 7.43. The Kier molecular flexibility index (Phi) is 3.02. The maximum absolute atomic E-state index is 6.12. The molecule has 18 heavy (non-hydrogen) atoms. The summed E-state index contributed by atoms with van der Waals surface area (Å²) in [4.78, 5) is 6.78. The van der Waals surface area contributed by atoms with Crippen LogP contribution in [0.2, 0.25) is 0 Å². The lowest BCUT2D eigenvalue weighted by Crippen LogP contribution is -2.40. The standard InChI is InChI=1S/C15H19N3/c1-18-7-6-12(16)8-15(18)14-10-17-9-11-4-2-3-5-13(11)14/h2-5,9-10,12,15H,6-8,16H2,1H3. The van der Waals surface area contributed by atoms with Crippen molar-refractivity contribution < 1.29 is 0 Å². The Balaban J connectivity index is 2.07. The third-order valence-electron chi connectivity index (χ3n) is 3.97. The summed E-state index contributed by atoms with van der Waals surface area (Å²) in [6, 6.07) is 9.16. The number of nitrogens with two attached hydrogens (primary N) is 1. The molecule has 0 amide bonds. The van der Waals surface area contributed by atoms with Crippen LogP contribution in [0.3, 0.4) is 0 Å². The Hall–Kier alpha value is -1.45. The van der Waals surface area contributed by atoms with E-state index in [0.717, 1.165) is 19.4 Å². The molecule has 1 aliphatic heterocycles. The highest BCUT2D eigenvalue weighted by Crippen LogP contribution is 2.32. The Morgan fingerprint density at radius 2 is 2.11 bits per heavy atom. The van der Waals surface area contributed by atoms with Crippen molar-refractivity contribution in [3.05, 3.63) is 42.2 Å². The van der Waals surface area contributed by atoms with Gasteiger partial charge in [0.05, 0.1) is 0 Å². The summed E-state index contributed by atoms with van der Waals surface area (Å²) in [6.07, 6.45) is 6.04. The third kappa shape index (κ3) is 2.00. The molecule has 3 rings (SSSR count). The summed E-state index contributed by atoms with van der Waals surface area (Å²) in [7, 11) is 2.18. The van der Waals surface area contributed by atoms with Gasteiger partial charge in [0.15, 0.2) is 0 Å². The van der Waals surface area contributed by atoms with Crippen molar-refractivity contribution in [3.8, 4) is 0 Å². The average Bonchev–Trinajstić information content (AvgIpc) is 2.41. The van der Waals surface area contributed by atoms with Gasteiger partial charge in [-0.3, -0.25) is 9.88 Å². The lowest BCUT2D eigenvalue weighted by Gasteiger charge is -2.36. The molecule has 2 heterocycles. The van der Waals surface area contributed by atoms with Crippen molar-refractivity contribution in [2.45, 2.75) is 24.9 Å². The maximum Gasteiger partial charge on any atom is 0.0381 e. The molecule has 1 aromatic heterocycles. The highest BCUT2D eigenvalue weighted by Gasteiger charge is 2.26. The molecule has 0 radical (unpaired) electrons. The van der Waals surface area contributed by atoms with Crippen molar-refractivity contribution in [1.29, 1.82) is 0 Å². The quantitative estimate of drug-likeness (QED) is 0.833. The zero-order valence-electron chi connectivity index (χ0n) is 10.7. The lowest BCUT2D eigenvalue weighted by molar-refractivity contribution is 0.172. The van der Waals surface area contributed by atoms with Gasteiger partial charge in [0.25, 0.3) is 0 Å². The molecule has 2 N–H and O–H groups in total. The Labute approximate surface area is 108 Å². The van der Waals surface area contributed by atoms with E-state index >= 15 is 0 Å². The monoisotopic (exact) mass is 241 g/mol. The van der Waals surface area contributed by atoms with Crippen molar-refractivity contribution in [3.63, 3.8) is 0 Å². The Morgan fingerprint density at radius 1 is 1.28 bits per heavy atom. The molecule has 0 saturated carbocycles. The van der Waals surface area contributed by atoms with E-state index in [0.29, 0.717) is 12.1 Å². The smallest absolute Gasteiger partial charge is 0.0381 e. The maximum atomic E-state index is 6.12. The first-order valence-electron chi connectivity index (χ1n) is 6.54. The topological polar surface area (TPSA) is 42.1 Å². The number of hydrogen-bond donors (Lipinski definition) is 1. The van der Waals surface area contributed by atoms with Gasteiger partial charge in [0.2, 0.25) is 0 Å². The number of likely N-dealkylation sites (tertiary alicyclic amines) is 1. The highest BCUT2D eigenvalue weighted by molar-refractivity contribution is 5.85. The molecular formula is C15H19N3. The van der Waals surface area contributed by atoms with Crippen LogP contribution in [0, 0.1) is 0 Å². The van der Waals surface area contributed by atoms with Gasteiger partial charge in [0, 0.05) is 29.9 Å². The van der Waals surface area contributed by atoms with Gasteiger partial charge in [-0.25, -0.2) is 0 Å². The Bertz CT molecular complexity index is 547. The van der Waals surface area contributed by atoms with Crippen LogP contribution in [-0.2, 0) is 0 Å². The van der Waals surface area contributed by atoms with E-state index in [1.165, 1.54) is 16.3 Å². The summed E-state index contributed by atoms with van der Waals surface area (Å²) >= 11 is 0. The van der Waals surface area contributed by atoms with E-state index in [2.05, 4.69) is 41.2 Å². The molecule has 0 spiro atoms. The van der Waals surface area contributed by atoms with Crippen LogP contribution in [-0.4, -0.2) is 29.5 Å². The first-order valence-corrected chi connectivity index (χ1v) is 6.54. The molecule has 2 aromatic rings. The average molecular weight is 241 g/mol. The first kappa shape index (κ1) is 11.6. The zero-order valence-corrected chi connectivity index (χ0v) is 10.7. The predicted molar refractivity (Wildman–Crippen MR) is 74.3 cm³/mol. The number of fused-ring (bicyclic) bond motifs is 1. The molecule has 2 atom stereocenters. The minimum Gasteiger partial charge on any atom is -0.328 e. The van der Waals surface area contributed by atoms with Gasteiger partial charge in [-0.15, -0.1) is 0 Å². The molecule has 1 fully saturated rings. The van der Waals surface area contributed by atoms with Crippen LogP contribution < -0.4 is 5.73 Å². The SMILES string of the molecule is CN1CCC(N)CC1c1cncc2ccccc12. The number of hydrogen-bond acceptors (Lipinski definition) is 3. The van der Waals surface area contributed by atoms with Crippen LogP contribution in [0.1, 0.15) is 24.4 Å². The van der Waals surface area contributed by atoms with Crippen molar-refractivity contribution in [1.82, 2.24) is 9.88 Å².